The summed E-state index contributed by atoms with van der Waals surface area (Å²) >= 11 is 0. The summed E-state index contributed by atoms with van der Waals surface area (Å²) in [6.07, 6.45) is 1.60. The lowest BCUT2D eigenvalue weighted by molar-refractivity contribution is 0.0940. The minimum Gasteiger partial charge on any atom is -0.394 e. The molecule has 0 radical (unpaired) electrons. The summed E-state index contributed by atoms with van der Waals surface area (Å²) in [5.74, 6) is 1.43. The van der Waals surface area contributed by atoms with Crippen molar-refractivity contribution >= 4 is 23.4 Å². The van der Waals surface area contributed by atoms with Gasteiger partial charge in [-0.1, -0.05) is 35.5 Å². The number of nitrogens with zero attached hydrogens (tertiary/aromatic N) is 4. The Hall–Kier alpha value is -4.31. The van der Waals surface area contributed by atoms with Crippen molar-refractivity contribution < 1.29 is 14.4 Å². The first-order valence-corrected chi connectivity index (χ1v) is 11.2. The number of aromatic nitrogens is 4. The molecule has 4 aromatic rings. The SMILES string of the molecule is Cc1nc(-c2cnc(Nc3ccc4c(c3)C(C)(C)NC4=O)nc2N[C@H](CO)c2ccccc2)no1. The second-order valence-corrected chi connectivity index (χ2v) is 8.85. The topological polar surface area (TPSA) is 138 Å². The molecule has 1 aliphatic rings. The maximum absolute atomic E-state index is 12.2. The first-order chi connectivity index (χ1) is 16.8. The van der Waals surface area contributed by atoms with Crippen LogP contribution in [0.15, 0.2) is 59.3 Å². The van der Waals surface area contributed by atoms with Crippen LogP contribution in [0.2, 0.25) is 0 Å². The smallest absolute Gasteiger partial charge is 0.252 e. The molecule has 10 heteroatoms. The molecule has 1 aliphatic heterocycles. The Morgan fingerprint density at radius 1 is 1.11 bits per heavy atom. The second kappa shape index (κ2) is 8.80. The summed E-state index contributed by atoms with van der Waals surface area (Å²) in [7, 11) is 0. The molecule has 0 fully saturated rings. The van der Waals surface area contributed by atoms with Gasteiger partial charge in [0.1, 0.15) is 5.82 Å². The number of hydrogen-bond acceptors (Lipinski definition) is 9. The monoisotopic (exact) mass is 471 g/mol. The lowest BCUT2D eigenvalue weighted by Gasteiger charge is -2.20. The van der Waals surface area contributed by atoms with E-state index in [1.807, 2.05) is 56.3 Å². The van der Waals surface area contributed by atoms with E-state index in [0.29, 0.717) is 34.6 Å². The van der Waals surface area contributed by atoms with Crippen LogP contribution >= 0.6 is 0 Å². The fourth-order valence-electron chi connectivity index (χ4n) is 4.09. The van der Waals surface area contributed by atoms with E-state index in [2.05, 4.69) is 36.1 Å². The third kappa shape index (κ3) is 4.43. The van der Waals surface area contributed by atoms with Crippen LogP contribution in [0.1, 0.15) is 47.3 Å². The van der Waals surface area contributed by atoms with E-state index in [-0.39, 0.29) is 12.5 Å². The number of aliphatic hydroxyl groups is 1. The fraction of sp³-hybridized carbons (Fsp3) is 0.240. The number of anilines is 3. The maximum Gasteiger partial charge on any atom is 0.252 e. The van der Waals surface area contributed by atoms with Crippen molar-refractivity contribution in [3.8, 4) is 11.4 Å². The van der Waals surface area contributed by atoms with Gasteiger partial charge in [-0.2, -0.15) is 9.97 Å². The zero-order chi connectivity index (χ0) is 24.6. The molecule has 5 rings (SSSR count). The van der Waals surface area contributed by atoms with Gasteiger partial charge in [0.15, 0.2) is 0 Å². The van der Waals surface area contributed by atoms with Crippen LogP contribution in [0.3, 0.4) is 0 Å². The summed E-state index contributed by atoms with van der Waals surface area (Å²) in [5.41, 5.74) is 3.25. The van der Waals surface area contributed by atoms with Crippen LogP contribution < -0.4 is 16.0 Å². The molecule has 35 heavy (non-hydrogen) atoms. The van der Waals surface area contributed by atoms with E-state index < -0.39 is 11.6 Å². The molecule has 0 unspecified atom stereocenters. The third-order valence-corrected chi connectivity index (χ3v) is 5.87. The zero-order valence-corrected chi connectivity index (χ0v) is 19.5. The van der Waals surface area contributed by atoms with E-state index >= 15 is 0 Å². The average molecular weight is 472 g/mol. The van der Waals surface area contributed by atoms with Gasteiger partial charge < -0.3 is 25.6 Å². The van der Waals surface area contributed by atoms with Gasteiger partial charge in [0.2, 0.25) is 17.7 Å². The molecule has 4 N–H and O–H groups in total. The molecule has 0 saturated heterocycles. The molecule has 0 bridgehead atoms. The number of amides is 1. The molecular weight excluding hydrogens is 446 g/mol. The highest BCUT2D eigenvalue weighted by Crippen LogP contribution is 2.34. The van der Waals surface area contributed by atoms with Crippen molar-refractivity contribution in [2.24, 2.45) is 0 Å². The van der Waals surface area contributed by atoms with Crippen LogP contribution in [0.25, 0.3) is 11.4 Å². The average Bonchev–Trinajstić information content (AvgIpc) is 3.37. The number of aliphatic hydroxyl groups excluding tert-OH is 1. The normalized spacial score (nSPS) is 14.8. The predicted molar refractivity (Wildman–Crippen MR) is 130 cm³/mol. The molecule has 2 aromatic heterocycles. The van der Waals surface area contributed by atoms with Crippen molar-refractivity contribution in [1.29, 1.82) is 0 Å². The lowest BCUT2D eigenvalue weighted by atomic mass is 9.94. The van der Waals surface area contributed by atoms with Crippen LogP contribution in [-0.4, -0.2) is 37.7 Å². The van der Waals surface area contributed by atoms with Crippen LogP contribution in [-0.2, 0) is 5.54 Å². The molecule has 3 heterocycles. The minimum absolute atomic E-state index is 0.0880. The number of benzene rings is 2. The Balaban J connectivity index is 1.50. The number of fused-ring (bicyclic) bond motifs is 1. The highest BCUT2D eigenvalue weighted by Gasteiger charge is 2.35. The largest absolute Gasteiger partial charge is 0.394 e. The Morgan fingerprint density at radius 3 is 2.63 bits per heavy atom. The molecule has 1 atom stereocenters. The van der Waals surface area contributed by atoms with Gasteiger partial charge in [-0.25, -0.2) is 4.98 Å². The van der Waals surface area contributed by atoms with Crippen molar-refractivity contribution in [3.05, 3.63) is 77.3 Å². The van der Waals surface area contributed by atoms with Gasteiger partial charge in [-0.3, -0.25) is 4.79 Å². The fourth-order valence-corrected chi connectivity index (χ4v) is 4.09. The Labute approximate surface area is 201 Å². The number of rotatable bonds is 7. The van der Waals surface area contributed by atoms with E-state index in [0.717, 1.165) is 16.8 Å². The molecule has 0 spiro atoms. The van der Waals surface area contributed by atoms with E-state index in [1.165, 1.54) is 0 Å². The number of carbonyl (C=O) groups is 1. The molecule has 0 saturated carbocycles. The van der Waals surface area contributed by atoms with Gasteiger partial charge in [-0.05, 0) is 43.2 Å². The van der Waals surface area contributed by atoms with E-state index in [4.69, 9.17) is 4.52 Å². The van der Waals surface area contributed by atoms with Gasteiger partial charge in [0.25, 0.3) is 5.91 Å². The molecule has 1 amide bonds. The van der Waals surface area contributed by atoms with Crippen LogP contribution in [0, 0.1) is 6.92 Å². The van der Waals surface area contributed by atoms with Crippen LogP contribution in [0.5, 0.6) is 0 Å². The van der Waals surface area contributed by atoms with Gasteiger partial charge in [0.05, 0.1) is 23.8 Å². The predicted octanol–water partition coefficient (Wildman–Crippen LogP) is 3.70. The van der Waals surface area contributed by atoms with Gasteiger partial charge in [0, 0.05) is 24.4 Å². The zero-order valence-electron chi connectivity index (χ0n) is 19.5. The molecule has 2 aromatic carbocycles. The Morgan fingerprint density at radius 2 is 1.91 bits per heavy atom. The Kier molecular flexibility index (Phi) is 5.65. The molecular formula is C25H25N7O3. The number of aryl methyl sites for hydroxylation is 1. The van der Waals surface area contributed by atoms with Crippen LogP contribution in [0.4, 0.5) is 17.5 Å². The summed E-state index contributed by atoms with van der Waals surface area (Å²) in [6, 6.07) is 14.7. The summed E-state index contributed by atoms with van der Waals surface area (Å²) in [5, 5.41) is 23.5. The first-order valence-electron chi connectivity index (χ1n) is 11.2. The van der Waals surface area contributed by atoms with Crippen molar-refractivity contribution in [1.82, 2.24) is 25.4 Å². The van der Waals surface area contributed by atoms with Crippen molar-refractivity contribution in [2.75, 3.05) is 17.2 Å². The molecule has 178 valence electrons. The Bertz CT molecular complexity index is 1390. The number of nitrogens with one attached hydrogen (secondary N) is 3. The summed E-state index contributed by atoms with van der Waals surface area (Å²) in [4.78, 5) is 25.6. The molecule has 0 aliphatic carbocycles. The van der Waals surface area contributed by atoms with E-state index in [9.17, 15) is 9.90 Å². The lowest BCUT2D eigenvalue weighted by Crippen LogP contribution is -2.32. The third-order valence-electron chi connectivity index (χ3n) is 5.87. The van der Waals surface area contributed by atoms with Crippen molar-refractivity contribution in [2.45, 2.75) is 32.4 Å². The number of hydrogen-bond donors (Lipinski definition) is 4. The highest BCUT2D eigenvalue weighted by molar-refractivity contribution is 6.00. The minimum atomic E-state index is -0.470. The van der Waals surface area contributed by atoms with Gasteiger partial charge in [-0.15, -0.1) is 0 Å². The number of carbonyl (C=O) groups excluding carboxylic acids is 1. The van der Waals surface area contributed by atoms with Gasteiger partial charge >= 0.3 is 0 Å². The summed E-state index contributed by atoms with van der Waals surface area (Å²) in [6.45, 7) is 5.47. The van der Waals surface area contributed by atoms with Crippen molar-refractivity contribution in [3.63, 3.8) is 0 Å². The first kappa shape index (κ1) is 22.5. The highest BCUT2D eigenvalue weighted by atomic mass is 16.5. The van der Waals surface area contributed by atoms with E-state index in [1.54, 1.807) is 19.2 Å². The maximum atomic E-state index is 12.2. The molecule has 10 nitrogen and oxygen atoms in total. The standard InChI is InChI=1S/C25H25N7O3/c1-14-27-22(32-35-14)18-12-26-24(30-21(18)29-20(13-33)15-7-5-4-6-8-15)28-16-9-10-17-19(11-16)25(2,3)31-23(17)34/h4-12,20,33H,13H2,1-3H3,(H,31,34)(H2,26,28,29,30)/t20-/m1/s1. The quantitative estimate of drug-likeness (QED) is 0.318. The summed E-state index contributed by atoms with van der Waals surface area (Å²) < 4.78 is 5.14. The second-order valence-electron chi connectivity index (χ2n) is 8.85.